The van der Waals surface area contributed by atoms with Crippen molar-refractivity contribution in [2.24, 2.45) is 0 Å². The smallest absolute Gasteiger partial charge is 0.129 e. The SMILES string of the molecule is CCc1cccc(CCC#N)c1F. The summed E-state index contributed by atoms with van der Waals surface area (Å²) in [6.07, 6.45) is 1.59. The summed E-state index contributed by atoms with van der Waals surface area (Å²) < 4.78 is 13.5. The number of benzene rings is 1. The Kier molecular flexibility index (Phi) is 3.45. The van der Waals surface area contributed by atoms with Crippen LogP contribution >= 0.6 is 0 Å². The van der Waals surface area contributed by atoms with Crippen molar-refractivity contribution in [2.45, 2.75) is 26.2 Å². The van der Waals surface area contributed by atoms with Crippen molar-refractivity contribution in [2.75, 3.05) is 0 Å². The van der Waals surface area contributed by atoms with Crippen LogP contribution in [-0.2, 0) is 12.8 Å². The molecule has 1 aromatic carbocycles. The number of rotatable bonds is 3. The van der Waals surface area contributed by atoms with Gasteiger partial charge in [-0.3, -0.25) is 0 Å². The maximum Gasteiger partial charge on any atom is 0.129 e. The Balaban J connectivity index is 2.89. The first-order chi connectivity index (χ1) is 6.29. The standard InChI is InChI=1S/C11H12FN/c1-2-9-5-3-6-10(11(9)12)7-4-8-13/h3,5-6H,2,4,7H2,1H3. The van der Waals surface area contributed by atoms with Gasteiger partial charge in [0.2, 0.25) is 0 Å². The maximum atomic E-state index is 13.5. The largest absolute Gasteiger partial charge is 0.206 e. The minimum absolute atomic E-state index is 0.139. The van der Waals surface area contributed by atoms with Crippen LogP contribution in [0.5, 0.6) is 0 Å². The van der Waals surface area contributed by atoms with Crippen molar-refractivity contribution in [1.82, 2.24) is 0 Å². The van der Waals surface area contributed by atoms with E-state index >= 15 is 0 Å². The quantitative estimate of drug-likeness (QED) is 0.696. The number of nitrogens with zero attached hydrogens (tertiary/aromatic N) is 1. The highest BCUT2D eigenvalue weighted by Gasteiger charge is 2.05. The van der Waals surface area contributed by atoms with Gasteiger partial charge >= 0.3 is 0 Å². The third-order valence-electron chi connectivity index (χ3n) is 2.05. The third kappa shape index (κ3) is 2.29. The van der Waals surface area contributed by atoms with E-state index in [2.05, 4.69) is 0 Å². The Bertz CT molecular complexity index is 325. The molecule has 0 spiro atoms. The van der Waals surface area contributed by atoms with Crippen molar-refractivity contribution >= 4 is 0 Å². The van der Waals surface area contributed by atoms with Crippen molar-refractivity contribution in [3.05, 3.63) is 35.1 Å². The maximum absolute atomic E-state index is 13.5. The topological polar surface area (TPSA) is 23.8 Å². The van der Waals surface area contributed by atoms with Gasteiger partial charge in [-0.15, -0.1) is 0 Å². The van der Waals surface area contributed by atoms with E-state index in [9.17, 15) is 4.39 Å². The van der Waals surface area contributed by atoms with E-state index in [4.69, 9.17) is 5.26 Å². The lowest BCUT2D eigenvalue weighted by molar-refractivity contribution is 0.595. The second-order valence-electron chi connectivity index (χ2n) is 2.90. The summed E-state index contributed by atoms with van der Waals surface area (Å²) in [7, 11) is 0. The molecule has 1 nitrogen and oxygen atoms in total. The Morgan fingerprint density at radius 3 is 2.69 bits per heavy atom. The molecule has 0 saturated carbocycles. The number of aryl methyl sites for hydroxylation is 2. The Hall–Kier alpha value is -1.36. The highest BCUT2D eigenvalue weighted by molar-refractivity contribution is 5.26. The minimum atomic E-state index is -0.139. The molecule has 1 aromatic rings. The van der Waals surface area contributed by atoms with E-state index in [1.807, 2.05) is 19.1 Å². The van der Waals surface area contributed by atoms with E-state index in [0.29, 0.717) is 24.8 Å². The zero-order valence-corrected chi connectivity index (χ0v) is 7.68. The van der Waals surface area contributed by atoms with Crippen molar-refractivity contribution in [3.63, 3.8) is 0 Å². The molecule has 0 unspecified atom stereocenters. The van der Waals surface area contributed by atoms with Gasteiger partial charge < -0.3 is 0 Å². The second kappa shape index (κ2) is 4.61. The normalized spacial score (nSPS) is 9.62. The monoisotopic (exact) mass is 177 g/mol. The molecular formula is C11H12FN. The molecule has 0 aliphatic heterocycles. The Morgan fingerprint density at radius 2 is 2.08 bits per heavy atom. The van der Waals surface area contributed by atoms with Crippen LogP contribution in [0.15, 0.2) is 18.2 Å². The van der Waals surface area contributed by atoms with Crippen LogP contribution in [0.4, 0.5) is 4.39 Å². The Morgan fingerprint density at radius 1 is 1.38 bits per heavy atom. The molecule has 1 rings (SSSR count). The van der Waals surface area contributed by atoms with Gasteiger partial charge in [-0.25, -0.2) is 4.39 Å². The summed E-state index contributed by atoms with van der Waals surface area (Å²) in [6.45, 7) is 1.92. The average Bonchev–Trinajstić information content (AvgIpc) is 2.16. The van der Waals surface area contributed by atoms with Crippen LogP contribution in [0.1, 0.15) is 24.5 Å². The third-order valence-corrected chi connectivity index (χ3v) is 2.05. The van der Waals surface area contributed by atoms with Gasteiger partial charge in [-0.05, 0) is 24.0 Å². The number of halogens is 1. The summed E-state index contributed by atoms with van der Waals surface area (Å²) >= 11 is 0. The highest BCUT2D eigenvalue weighted by Crippen LogP contribution is 2.14. The van der Waals surface area contributed by atoms with Gasteiger partial charge in [0.05, 0.1) is 6.07 Å². The molecular weight excluding hydrogens is 165 g/mol. The fourth-order valence-electron chi connectivity index (χ4n) is 1.29. The van der Waals surface area contributed by atoms with E-state index < -0.39 is 0 Å². The fraction of sp³-hybridized carbons (Fsp3) is 0.364. The fourth-order valence-corrected chi connectivity index (χ4v) is 1.29. The minimum Gasteiger partial charge on any atom is -0.206 e. The van der Waals surface area contributed by atoms with Crippen molar-refractivity contribution < 1.29 is 4.39 Å². The molecule has 0 aromatic heterocycles. The molecule has 0 heterocycles. The average molecular weight is 177 g/mol. The molecule has 0 aliphatic rings. The zero-order chi connectivity index (χ0) is 9.68. The summed E-state index contributed by atoms with van der Waals surface area (Å²) in [5, 5.41) is 8.37. The van der Waals surface area contributed by atoms with Crippen LogP contribution in [0.2, 0.25) is 0 Å². The van der Waals surface area contributed by atoms with Crippen LogP contribution in [-0.4, -0.2) is 0 Å². The van der Waals surface area contributed by atoms with E-state index in [-0.39, 0.29) is 5.82 Å². The summed E-state index contributed by atoms with van der Waals surface area (Å²) in [5.41, 5.74) is 1.39. The summed E-state index contributed by atoms with van der Waals surface area (Å²) in [5.74, 6) is -0.139. The van der Waals surface area contributed by atoms with Crippen LogP contribution < -0.4 is 0 Å². The Labute approximate surface area is 77.8 Å². The lowest BCUT2D eigenvalue weighted by atomic mass is 10.0. The first-order valence-corrected chi connectivity index (χ1v) is 4.42. The van der Waals surface area contributed by atoms with E-state index in [0.717, 1.165) is 5.56 Å². The van der Waals surface area contributed by atoms with Crippen LogP contribution in [0.3, 0.4) is 0 Å². The lowest BCUT2D eigenvalue weighted by Crippen LogP contribution is -1.95. The van der Waals surface area contributed by atoms with Crippen molar-refractivity contribution in [1.29, 1.82) is 5.26 Å². The van der Waals surface area contributed by atoms with Crippen molar-refractivity contribution in [3.8, 4) is 6.07 Å². The van der Waals surface area contributed by atoms with Crippen LogP contribution in [0, 0.1) is 17.1 Å². The predicted molar refractivity (Wildman–Crippen MR) is 49.7 cm³/mol. The molecule has 0 fully saturated rings. The number of hydrogen-bond acceptors (Lipinski definition) is 1. The molecule has 0 aliphatic carbocycles. The molecule has 0 radical (unpaired) electrons. The molecule has 0 N–H and O–H groups in total. The second-order valence-corrected chi connectivity index (χ2v) is 2.90. The summed E-state index contributed by atoms with van der Waals surface area (Å²) in [4.78, 5) is 0. The van der Waals surface area contributed by atoms with Gasteiger partial charge in [0, 0.05) is 6.42 Å². The van der Waals surface area contributed by atoms with Gasteiger partial charge in [0.15, 0.2) is 0 Å². The highest BCUT2D eigenvalue weighted by atomic mass is 19.1. The molecule has 13 heavy (non-hydrogen) atoms. The van der Waals surface area contributed by atoms with Crippen LogP contribution in [0.25, 0.3) is 0 Å². The van der Waals surface area contributed by atoms with E-state index in [1.165, 1.54) is 0 Å². The molecule has 0 atom stereocenters. The first-order valence-electron chi connectivity index (χ1n) is 4.42. The van der Waals surface area contributed by atoms with E-state index in [1.54, 1.807) is 12.1 Å². The summed E-state index contributed by atoms with van der Waals surface area (Å²) in [6, 6.07) is 7.38. The molecule has 0 amide bonds. The number of nitriles is 1. The lowest BCUT2D eigenvalue weighted by Gasteiger charge is -2.04. The van der Waals surface area contributed by atoms with Gasteiger partial charge in [0.1, 0.15) is 5.82 Å². The first kappa shape index (κ1) is 9.73. The molecule has 2 heteroatoms. The molecule has 0 bridgehead atoms. The zero-order valence-electron chi connectivity index (χ0n) is 7.68. The van der Waals surface area contributed by atoms with Gasteiger partial charge in [-0.2, -0.15) is 5.26 Å². The number of hydrogen-bond donors (Lipinski definition) is 0. The molecule has 68 valence electrons. The molecule has 0 saturated heterocycles. The van der Waals surface area contributed by atoms with Gasteiger partial charge in [-0.1, -0.05) is 25.1 Å². The predicted octanol–water partition coefficient (Wildman–Crippen LogP) is 2.84. The van der Waals surface area contributed by atoms with Gasteiger partial charge in [0.25, 0.3) is 0 Å².